The van der Waals surface area contributed by atoms with Gasteiger partial charge in [0, 0.05) is 35.8 Å². The van der Waals surface area contributed by atoms with E-state index in [0.717, 1.165) is 29.4 Å². The molecule has 0 unspecified atom stereocenters. The third-order valence-corrected chi connectivity index (χ3v) is 4.80. The average molecular weight is 349 g/mol. The Kier molecular flexibility index (Phi) is 4.26. The molecule has 2 aromatic carbocycles. The lowest BCUT2D eigenvalue weighted by Crippen LogP contribution is -2.23. The van der Waals surface area contributed by atoms with Crippen molar-refractivity contribution in [3.05, 3.63) is 53.6 Å². The molecular weight excluding hydrogens is 330 g/mol. The van der Waals surface area contributed by atoms with Gasteiger partial charge in [-0.2, -0.15) is 0 Å². The van der Waals surface area contributed by atoms with Crippen molar-refractivity contribution in [2.75, 3.05) is 13.2 Å². The van der Waals surface area contributed by atoms with E-state index < -0.39 is 5.91 Å². The number of aromatic nitrogens is 2. The fourth-order valence-electron chi connectivity index (χ4n) is 3.29. The van der Waals surface area contributed by atoms with Crippen molar-refractivity contribution >= 4 is 22.7 Å². The van der Waals surface area contributed by atoms with Crippen molar-refractivity contribution in [3.8, 4) is 11.4 Å². The molecule has 1 aliphatic rings. The summed E-state index contributed by atoms with van der Waals surface area (Å²) in [7, 11) is 0. The van der Waals surface area contributed by atoms with Gasteiger partial charge in [-0.1, -0.05) is 24.3 Å². The summed E-state index contributed by atoms with van der Waals surface area (Å²) in [5, 5.41) is 0. The number of nitrogens with zero attached hydrogens (tertiary/aromatic N) is 1. The van der Waals surface area contributed by atoms with Crippen LogP contribution in [-0.4, -0.2) is 34.9 Å². The van der Waals surface area contributed by atoms with Crippen LogP contribution in [0.1, 0.15) is 33.6 Å². The van der Waals surface area contributed by atoms with Gasteiger partial charge >= 0.3 is 0 Å². The number of ether oxygens (including phenoxy) is 1. The molecular formula is C20H19N3O3. The minimum atomic E-state index is -0.473. The predicted octanol–water partition coefficient (Wildman–Crippen LogP) is 2.94. The Bertz CT molecular complexity index is 970. The normalized spacial score (nSPS) is 15.2. The van der Waals surface area contributed by atoms with Crippen LogP contribution < -0.4 is 5.73 Å². The number of ketones is 1. The highest BCUT2D eigenvalue weighted by molar-refractivity contribution is 5.98. The zero-order valence-corrected chi connectivity index (χ0v) is 14.2. The first-order valence-corrected chi connectivity index (χ1v) is 8.64. The molecule has 0 saturated carbocycles. The van der Waals surface area contributed by atoms with Gasteiger partial charge in [-0.15, -0.1) is 0 Å². The van der Waals surface area contributed by atoms with Crippen molar-refractivity contribution in [2.45, 2.75) is 12.8 Å². The molecule has 6 heteroatoms. The number of rotatable bonds is 4. The quantitative estimate of drug-likeness (QED) is 0.708. The summed E-state index contributed by atoms with van der Waals surface area (Å²) in [5.41, 5.74) is 8.85. The van der Waals surface area contributed by atoms with Crippen LogP contribution in [0.4, 0.5) is 0 Å². The molecule has 1 amide bonds. The molecule has 3 N–H and O–H groups in total. The number of primary amides is 1. The van der Waals surface area contributed by atoms with E-state index in [0.29, 0.717) is 30.2 Å². The van der Waals surface area contributed by atoms with Gasteiger partial charge in [0.15, 0.2) is 5.78 Å². The first-order valence-electron chi connectivity index (χ1n) is 8.64. The molecule has 6 nitrogen and oxygen atoms in total. The molecule has 1 aliphatic heterocycles. The zero-order valence-electron chi connectivity index (χ0n) is 14.2. The Morgan fingerprint density at radius 1 is 1.04 bits per heavy atom. The van der Waals surface area contributed by atoms with Gasteiger partial charge in [-0.05, 0) is 31.0 Å². The number of aromatic amines is 1. The van der Waals surface area contributed by atoms with Crippen LogP contribution >= 0.6 is 0 Å². The second kappa shape index (κ2) is 6.72. The first kappa shape index (κ1) is 16.5. The number of carbonyl (C=O) groups excluding carboxylic acids is 2. The van der Waals surface area contributed by atoms with Crippen molar-refractivity contribution in [2.24, 2.45) is 11.7 Å². The van der Waals surface area contributed by atoms with Crippen molar-refractivity contribution in [3.63, 3.8) is 0 Å². The lowest BCUT2D eigenvalue weighted by molar-refractivity contribution is 0.0545. The van der Waals surface area contributed by atoms with E-state index in [1.165, 1.54) is 0 Å². The fourth-order valence-corrected chi connectivity index (χ4v) is 3.29. The van der Waals surface area contributed by atoms with E-state index >= 15 is 0 Å². The fraction of sp³-hybridized carbons (Fsp3) is 0.250. The van der Waals surface area contributed by atoms with Gasteiger partial charge in [0.05, 0.1) is 11.0 Å². The van der Waals surface area contributed by atoms with Crippen molar-refractivity contribution < 1.29 is 14.3 Å². The van der Waals surface area contributed by atoms with Crippen LogP contribution in [0.5, 0.6) is 0 Å². The number of hydrogen-bond acceptors (Lipinski definition) is 4. The number of hydrogen-bond donors (Lipinski definition) is 2. The number of carbonyl (C=O) groups is 2. The molecule has 0 bridgehead atoms. The number of H-pyrrole nitrogens is 1. The highest BCUT2D eigenvalue weighted by atomic mass is 16.5. The largest absolute Gasteiger partial charge is 0.381 e. The van der Waals surface area contributed by atoms with Crippen LogP contribution in [0, 0.1) is 5.92 Å². The monoisotopic (exact) mass is 349 g/mol. The maximum Gasteiger partial charge on any atom is 0.248 e. The zero-order chi connectivity index (χ0) is 18.1. The van der Waals surface area contributed by atoms with E-state index in [1.807, 2.05) is 24.3 Å². The molecule has 26 heavy (non-hydrogen) atoms. The van der Waals surface area contributed by atoms with E-state index in [9.17, 15) is 9.59 Å². The number of benzene rings is 2. The maximum absolute atomic E-state index is 12.6. The lowest BCUT2D eigenvalue weighted by atomic mass is 9.90. The van der Waals surface area contributed by atoms with Gasteiger partial charge in [-0.3, -0.25) is 9.59 Å². The number of imidazole rings is 1. The molecule has 0 radical (unpaired) electrons. The highest BCUT2D eigenvalue weighted by Gasteiger charge is 2.22. The smallest absolute Gasteiger partial charge is 0.248 e. The van der Waals surface area contributed by atoms with E-state index in [1.54, 1.807) is 18.2 Å². The third-order valence-electron chi connectivity index (χ3n) is 4.80. The van der Waals surface area contributed by atoms with Crippen LogP contribution in [0.2, 0.25) is 0 Å². The first-order chi connectivity index (χ1) is 12.6. The molecule has 0 aliphatic carbocycles. The standard InChI is InChI=1S/C20H19N3O3/c21-19(25)15-5-6-16-17(11-15)23-20(22-16)14-3-1-12(2-4-14)18(24)13-7-9-26-10-8-13/h1-6,11,13H,7-10H2,(H2,21,25)(H,22,23). The molecule has 0 spiro atoms. The predicted molar refractivity (Wildman–Crippen MR) is 97.9 cm³/mol. The second-order valence-corrected chi connectivity index (χ2v) is 6.51. The molecule has 1 saturated heterocycles. The van der Waals surface area contributed by atoms with Gasteiger partial charge < -0.3 is 15.5 Å². The summed E-state index contributed by atoms with van der Waals surface area (Å²) in [6.07, 6.45) is 1.57. The summed E-state index contributed by atoms with van der Waals surface area (Å²) in [6, 6.07) is 12.6. The van der Waals surface area contributed by atoms with Gasteiger partial charge in [0.1, 0.15) is 5.82 Å². The lowest BCUT2D eigenvalue weighted by Gasteiger charge is -2.20. The van der Waals surface area contributed by atoms with Gasteiger partial charge in [0.2, 0.25) is 5.91 Å². The minimum absolute atomic E-state index is 0.0491. The van der Waals surface area contributed by atoms with Crippen LogP contribution in [-0.2, 0) is 4.74 Å². The van der Waals surface area contributed by atoms with Gasteiger partial charge in [-0.25, -0.2) is 4.98 Å². The number of amides is 1. The molecule has 0 atom stereocenters. The number of nitrogens with one attached hydrogen (secondary N) is 1. The summed E-state index contributed by atoms with van der Waals surface area (Å²) in [4.78, 5) is 31.6. The number of nitrogens with two attached hydrogens (primary N) is 1. The Hall–Kier alpha value is -2.99. The van der Waals surface area contributed by atoms with Crippen LogP contribution in [0.15, 0.2) is 42.5 Å². The Morgan fingerprint density at radius 2 is 1.73 bits per heavy atom. The topological polar surface area (TPSA) is 98.1 Å². The molecule has 4 rings (SSSR count). The van der Waals surface area contributed by atoms with Crippen molar-refractivity contribution in [1.82, 2.24) is 9.97 Å². The summed E-state index contributed by atoms with van der Waals surface area (Å²) in [5.74, 6) is 0.439. The van der Waals surface area contributed by atoms with E-state index in [4.69, 9.17) is 10.5 Å². The average Bonchev–Trinajstić information content (AvgIpc) is 3.11. The molecule has 1 aromatic heterocycles. The summed E-state index contributed by atoms with van der Waals surface area (Å²) >= 11 is 0. The summed E-state index contributed by atoms with van der Waals surface area (Å²) in [6.45, 7) is 1.31. The summed E-state index contributed by atoms with van der Waals surface area (Å²) < 4.78 is 5.32. The van der Waals surface area contributed by atoms with Crippen molar-refractivity contribution in [1.29, 1.82) is 0 Å². The molecule has 2 heterocycles. The third kappa shape index (κ3) is 3.11. The Morgan fingerprint density at radius 3 is 2.42 bits per heavy atom. The maximum atomic E-state index is 12.6. The highest BCUT2D eigenvalue weighted by Crippen LogP contribution is 2.24. The molecule has 1 fully saturated rings. The van der Waals surface area contributed by atoms with E-state index in [2.05, 4.69) is 9.97 Å². The Labute approximate surface area is 150 Å². The number of fused-ring (bicyclic) bond motifs is 1. The molecule has 3 aromatic rings. The van der Waals surface area contributed by atoms with Gasteiger partial charge in [0.25, 0.3) is 0 Å². The van der Waals surface area contributed by atoms with Crippen LogP contribution in [0.3, 0.4) is 0 Å². The number of Topliss-reactive ketones (excluding diaryl/α,β-unsaturated/α-hetero) is 1. The Balaban J connectivity index is 1.59. The SMILES string of the molecule is NC(=O)c1ccc2nc(-c3ccc(C(=O)C4CCOCC4)cc3)[nH]c2c1. The molecule has 132 valence electrons. The van der Waals surface area contributed by atoms with E-state index in [-0.39, 0.29) is 11.7 Å². The second-order valence-electron chi connectivity index (χ2n) is 6.51. The minimum Gasteiger partial charge on any atom is -0.381 e. The van der Waals surface area contributed by atoms with Crippen LogP contribution in [0.25, 0.3) is 22.4 Å².